The fraction of sp³-hybridized carbons (Fsp3) is 0.250. The van der Waals surface area contributed by atoms with E-state index < -0.39 is 4.92 Å². The van der Waals surface area contributed by atoms with E-state index in [1.807, 2.05) is 0 Å². The lowest BCUT2D eigenvalue weighted by Crippen LogP contribution is -2.06. The van der Waals surface area contributed by atoms with Gasteiger partial charge >= 0.3 is 5.00 Å². The fourth-order valence-corrected chi connectivity index (χ4v) is 2.03. The minimum atomic E-state index is -0.622. The molecule has 0 aromatic carbocycles. The third kappa shape index (κ3) is 2.48. The molecule has 1 rings (SSSR count). The summed E-state index contributed by atoms with van der Waals surface area (Å²) in [7, 11) is 3.50. The summed E-state index contributed by atoms with van der Waals surface area (Å²) in [6.07, 6.45) is 1.45. The molecule has 8 heteroatoms. The van der Waals surface area contributed by atoms with Gasteiger partial charge in [-0.25, -0.2) is 4.99 Å². The highest BCUT2D eigenvalue weighted by Crippen LogP contribution is 2.43. The van der Waals surface area contributed by atoms with Crippen LogP contribution in [0.2, 0.25) is 5.02 Å². The van der Waals surface area contributed by atoms with E-state index in [1.165, 1.54) is 6.34 Å². The number of halogens is 1. The molecule has 0 aliphatic carbocycles. The Morgan fingerprint density at radius 3 is 2.75 bits per heavy atom. The van der Waals surface area contributed by atoms with Crippen LogP contribution in [0.25, 0.3) is 0 Å². The van der Waals surface area contributed by atoms with Gasteiger partial charge in [-0.05, 0) is 11.3 Å². The van der Waals surface area contributed by atoms with Crippen molar-refractivity contribution in [2.24, 2.45) is 4.99 Å². The standard InChI is InChI=1S/C8H7ClN4O2S/c1-12(2)4-11-7-5(3-10)6(9)8(16-7)13(14)15/h4H,1-2H3. The molecule has 84 valence electrons. The quantitative estimate of drug-likeness (QED) is 0.361. The molecule has 0 unspecified atom stereocenters. The molecular formula is C8H7ClN4O2S. The molecule has 6 nitrogen and oxygen atoms in total. The van der Waals surface area contributed by atoms with Crippen molar-refractivity contribution in [1.29, 1.82) is 5.26 Å². The molecule has 0 saturated carbocycles. The van der Waals surface area contributed by atoms with Crippen molar-refractivity contribution in [3.63, 3.8) is 0 Å². The SMILES string of the molecule is CN(C)C=Nc1sc([N+](=O)[O-])c(Cl)c1C#N. The first kappa shape index (κ1) is 12.4. The number of nitro groups is 1. The van der Waals surface area contributed by atoms with Gasteiger partial charge in [0.05, 0.1) is 11.3 Å². The van der Waals surface area contributed by atoms with E-state index in [9.17, 15) is 10.1 Å². The maximum atomic E-state index is 10.6. The zero-order valence-corrected chi connectivity index (χ0v) is 10.0. The van der Waals surface area contributed by atoms with Gasteiger partial charge in [-0.15, -0.1) is 0 Å². The molecule has 0 spiro atoms. The third-order valence-corrected chi connectivity index (χ3v) is 3.03. The van der Waals surface area contributed by atoms with Crippen molar-refractivity contribution >= 4 is 39.3 Å². The summed E-state index contributed by atoms with van der Waals surface area (Å²) in [5, 5.41) is 19.3. The van der Waals surface area contributed by atoms with Gasteiger partial charge in [0.25, 0.3) is 0 Å². The summed E-state index contributed by atoms with van der Waals surface area (Å²) in [4.78, 5) is 15.6. The van der Waals surface area contributed by atoms with Crippen LogP contribution in [0.15, 0.2) is 4.99 Å². The highest BCUT2D eigenvalue weighted by molar-refractivity contribution is 7.20. The first-order valence-corrected chi connectivity index (χ1v) is 5.24. The van der Waals surface area contributed by atoms with Crippen molar-refractivity contribution in [1.82, 2.24) is 4.90 Å². The predicted molar refractivity (Wildman–Crippen MR) is 62.5 cm³/mol. The molecule has 16 heavy (non-hydrogen) atoms. The molecule has 0 amide bonds. The average molecular weight is 259 g/mol. The van der Waals surface area contributed by atoms with Gasteiger partial charge in [-0.3, -0.25) is 10.1 Å². The predicted octanol–water partition coefficient (Wildman–Crippen LogP) is 2.40. The number of thiophene rings is 1. The molecule has 0 bridgehead atoms. The fourth-order valence-electron chi connectivity index (χ4n) is 0.861. The molecule has 0 fully saturated rings. The molecule has 0 radical (unpaired) electrons. The largest absolute Gasteiger partial charge is 0.369 e. The molecular weight excluding hydrogens is 252 g/mol. The summed E-state index contributed by atoms with van der Waals surface area (Å²) in [5.41, 5.74) is 0.0384. The van der Waals surface area contributed by atoms with Crippen molar-refractivity contribution in [3.8, 4) is 6.07 Å². The van der Waals surface area contributed by atoms with Crippen LogP contribution in [0.4, 0.5) is 10.0 Å². The van der Waals surface area contributed by atoms with E-state index in [0.29, 0.717) is 0 Å². The van der Waals surface area contributed by atoms with Crippen LogP contribution >= 0.6 is 22.9 Å². The molecule has 0 aliphatic heterocycles. The van der Waals surface area contributed by atoms with E-state index in [-0.39, 0.29) is 20.6 Å². The summed E-state index contributed by atoms with van der Waals surface area (Å²) in [6, 6.07) is 1.80. The lowest BCUT2D eigenvalue weighted by molar-refractivity contribution is -0.380. The number of nitriles is 1. The Hall–Kier alpha value is -1.65. The lowest BCUT2D eigenvalue weighted by atomic mass is 10.3. The Morgan fingerprint density at radius 2 is 2.31 bits per heavy atom. The van der Waals surface area contributed by atoms with Crippen molar-refractivity contribution in [2.45, 2.75) is 0 Å². The molecule has 0 saturated heterocycles. The van der Waals surface area contributed by atoms with Gasteiger partial charge in [-0.2, -0.15) is 5.26 Å². The summed E-state index contributed by atoms with van der Waals surface area (Å²) in [5.74, 6) is 0. The molecule has 1 aromatic rings. The summed E-state index contributed by atoms with van der Waals surface area (Å²) in [6.45, 7) is 0. The first-order chi connectivity index (χ1) is 7.47. The number of hydrogen-bond donors (Lipinski definition) is 0. The van der Waals surface area contributed by atoms with Crippen LogP contribution in [0.3, 0.4) is 0 Å². The second kappa shape index (κ2) is 4.92. The third-order valence-electron chi connectivity index (χ3n) is 1.50. The van der Waals surface area contributed by atoms with Crippen LogP contribution in [0, 0.1) is 21.4 Å². The minimum Gasteiger partial charge on any atom is -0.369 e. The van der Waals surface area contributed by atoms with Crippen molar-refractivity contribution in [3.05, 3.63) is 20.7 Å². The van der Waals surface area contributed by atoms with Crippen molar-refractivity contribution < 1.29 is 4.92 Å². The number of rotatable bonds is 3. The number of nitrogens with zero attached hydrogens (tertiary/aromatic N) is 4. The monoisotopic (exact) mass is 258 g/mol. The highest BCUT2D eigenvalue weighted by atomic mass is 35.5. The van der Waals surface area contributed by atoms with Crippen molar-refractivity contribution in [2.75, 3.05) is 14.1 Å². The van der Waals surface area contributed by atoms with Gasteiger partial charge in [0.1, 0.15) is 16.6 Å². The Morgan fingerprint density at radius 1 is 1.69 bits per heavy atom. The molecule has 0 aliphatic rings. The van der Waals surface area contributed by atoms with Gasteiger partial charge in [0.2, 0.25) is 0 Å². The Bertz CT molecular complexity index is 489. The summed E-state index contributed by atoms with van der Waals surface area (Å²) < 4.78 is 0. The number of hydrogen-bond acceptors (Lipinski definition) is 5. The van der Waals surface area contributed by atoms with Crippen LogP contribution in [-0.4, -0.2) is 30.3 Å². The van der Waals surface area contributed by atoms with Gasteiger partial charge in [0, 0.05) is 14.1 Å². The highest BCUT2D eigenvalue weighted by Gasteiger charge is 2.24. The van der Waals surface area contributed by atoms with E-state index >= 15 is 0 Å². The zero-order valence-electron chi connectivity index (χ0n) is 8.47. The minimum absolute atomic E-state index is 0.0384. The average Bonchev–Trinajstić information content (AvgIpc) is 2.51. The molecule has 0 atom stereocenters. The smallest absolute Gasteiger partial charge is 0.346 e. The first-order valence-electron chi connectivity index (χ1n) is 4.04. The van der Waals surface area contributed by atoms with Crippen LogP contribution < -0.4 is 0 Å². The van der Waals surface area contributed by atoms with Gasteiger partial charge < -0.3 is 4.90 Å². The Labute approximate surface area is 101 Å². The molecule has 1 aromatic heterocycles. The summed E-state index contributed by atoms with van der Waals surface area (Å²) >= 11 is 6.48. The normalized spacial score (nSPS) is 10.4. The van der Waals surface area contributed by atoms with E-state index in [2.05, 4.69) is 4.99 Å². The lowest BCUT2D eigenvalue weighted by Gasteiger charge is -2.00. The van der Waals surface area contributed by atoms with Gasteiger partial charge in [-0.1, -0.05) is 11.6 Å². The Balaban J connectivity index is 3.26. The van der Waals surface area contributed by atoms with Crippen LogP contribution in [0.5, 0.6) is 0 Å². The zero-order chi connectivity index (χ0) is 12.3. The maximum absolute atomic E-state index is 10.6. The molecule has 1 heterocycles. The Kier molecular flexibility index (Phi) is 3.82. The maximum Gasteiger partial charge on any atom is 0.346 e. The van der Waals surface area contributed by atoms with E-state index in [4.69, 9.17) is 16.9 Å². The number of aliphatic imine (C=N–C) groups is 1. The van der Waals surface area contributed by atoms with Crippen LogP contribution in [-0.2, 0) is 0 Å². The second-order valence-electron chi connectivity index (χ2n) is 2.98. The van der Waals surface area contributed by atoms with E-state index in [1.54, 1.807) is 25.1 Å². The van der Waals surface area contributed by atoms with E-state index in [0.717, 1.165) is 11.3 Å². The molecule has 0 N–H and O–H groups in total. The topological polar surface area (TPSA) is 82.5 Å². The van der Waals surface area contributed by atoms with Gasteiger partial charge in [0.15, 0.2) is 5.02 Å². The second-order valence-corrected chi connectivity index (χ2v) is 4.33. The van der Waals surface area contributed by atoms with Crippen LogP contribution in [0.1, 0.15) is 5.56 Å².